The summed E-state index contributed by atoms with van der Waals surface area (Å²) in [7, 11) is 0. The lowest BCUT2D eigenvalue weighted by Gasteiger charge is -2.29. The number of carbonyl (C=O) groups is 2. The highest BCUT2D eigenvalue weighted by Gasteiger charge is 2.41. The number of hydrogen-bond acceptors (Lipinski definition) is 4. The molecule has 3 N–H and O–H groups in total. The molecule has 0 radical (unpaired) electrons. The van der Waals surface area contributed by atoms with Crippen LogP contribution in [0.1, 0.15) is 55.0 Å². The van der Waals surface area contributed by atoms with Gasteiger partial charge in [0.25, 0.3) is 0 Å². The van der Waals surface area contributed by atoms with Crippen molar-refractivity contribution in [1.82, 2.24) is 15.6 Å². The molecule has 2 aromatic rings. The van der Waals surface area contributed by atoms with Gasteiger partial charge in [0.1, 0.15) is 0 Å². The van der Waals surface area contributed by atoms with Gasteiger partial charge in [-0.05, 0) is 62.4 Å². The fourth-order valence-electron chi connectivity index (χ4n) is 4.64. The quantitative estimate of drug-likeness (QED) is 0.566. The number of pyridine rings is 1. The molecule has 1 saturated carbocycles. The standard InChI is InChI=1S/C25H29F3N4O2/c1-15-21(10-11-22(31-15)17-4-6-19(7-5-17)25(26,27)28)32-20-8-2-16(3-9-20)13-30-24(34)18-12-23(33)29-14-18/h2-3,8-11,17-19,32H,4-7,12-14H2,1H3,(H,29,33)(H,30,34). The number of benzene rings is 1. The van der Waals surface area contributed by atoms with E-state index in [0.717, 1.165) is 28.3 Å². The van der Waals surface area contributed by atoms with Crippen LogP contribution in [0.4, 0.5) is 24.5 Å². The van der Waals surface area contributed by atoms with Crippen LogP contribution in [0, 0.1) is 18.8 Å². The van der Waals surface area contributed by atoms with Crippen molar-refractivity contribution in [1.29, 1.82) is 0 Å². The number of aromatic nitrogens is 1. The van der Waals surface area contributed by atoms with Gasteiger partial charge in [0.05, 0.1) is 23.2 Å². The summed E-state index contributed by atoms with van der Waals surface area (Å²) >= 11 is 0. The summed E-state index contributed by atoms with van der Waals surface area (Å²) < 4.78 is 38.8. The summed E-state index contributed by atoms with van der Waals surface area (Å²) in [6, 6.07) is 11.5. The molecule has 1 saturated heterocycles. The average molecular weight is 475 g/mol. The van der Waals surface area contributed by atoms with Crippen LogP contribution in [0.15, 0.2) is 36.4 Å². The smallest absolute Gasteiger partial charge is 0.355 e. The summed E-state index contributed by atoms with van der Waals surface area (Å²) in [6.45, 7) is 2.66. The van der Waals surface area contributed by atoms with E-state index >= 15 is 0 Å². The first-order valence-corrected chi connectivity index (χ1v) is 11.6. The Bertz CT molecular complexity index is 1030. The van der Waals surface area contributed by atoms with Crippen LogP contribution >= 0.6 is 0 Å². The largest absolute Gasteiger partial charge is 0.391 e. The van der Waals surface area contributed by atoms with Gasteiger partial charge in [-0.2, -0.15) is 13.2 Å². The van der Waals surface area contributed by atoms with Crippen LogP contribution in [0.5, 0.6) is 0 Å². The Kier molecular flexibility index (Phi) is 7.09. The lowest BCUT2D eigenvalue weighted by Crippen LogP contribution is -2.31. The number of nitrogens with one attached hydrogen (secondary N) is 3. The van der Waals surface area contributed by atoms with E-state index < -0.39 is 12.1 Å². The third-order valence-corrected chi connectivity index (χ3v) is 6.76. The van der Waals surface area contributed by atoms with Crippen molar-refractivity contribution in [2.75, 3.05) is 11.9 Å². The zero-order valence-corrected chi connectivity index (χ0v) is 19.0. The number of amides is 2. The van der Waals surface area contributed by atoms with Crippen LogP contribution < -0.4 is 16.0 Å². The lowest BCUT2D eigenvalue weighted by atomic mass is 9.80. The zero-order chi connectivity index (χ0) is 24.3. The SMILES string of the molecule is Cc1nc(C2CCC(C(F)(F)F)CC2)ccc1Nc1ccc(CNC(=O)C2CNC(=O)C2)cc1. The molecule has 1 aliphatic heterocycles. The molecule has 1 aliphatic carbocycles. The van der Waals surface area contributed by atoms with Gasteiger partial charge >= 0.3 is 6.18 Å². The molecule has 2 aliphatic rings. The number of rotatable bonds is 6. The second-order valence-electron chi connectivity index (χ2n) is 9.20. The number of aryl methyl sites for hydroxylation is 1. The maximum absolute atomic E-state index is 12.9. The van der Waals surface area contributed by atoms with Crippen LogP contribution in [0.3, 0.4) is 0 Å². The number of alkyl halides is 3. The molecule has 0 spiro atoms. The van der Waals surface area contributed by atoms with Gasteiger partial charge in [0, 0.05) is 36.8 Å². The minimum atomic E-state index is -4.10. The summed E-state index contributed by atoms with van der Waals surface area (Å²) in [5.74, 6) is -1.66. The molecular weight excluding hydrogens is 445 g/mol. The Balaban J connectivity index is 1.30. The van der Waals surface area contributed by atoms with Crippen LogP contribution in [0.2, 0.25) is 0 Å². The molecule has 1 atom stereocenters. The summed E-state index contributed by atoms with van der Waals surface area (Å²) in [5.41, 5.74) is 4.30. The Morgan fingerprint density at radius 3 is 2.38 bits per heavy atom. The minimum Gasteiger partial charge on any atom is -0.355 e. The Hall–Kier alpha value is -3.10. The topological polar surface area (TPSA) is 83.1 Å². The van der Waals surface area contributed by atoms with Crippen molar-refractivity contribution in [3.8, 4) is 0 Å². The highest BCUT2D eigenvalue weighted by molar-refractivity contribution is 5.89. The van der Waals surface area contributed by atoms with Gasteiger partial charge in [-0.25, -0.2) is 0 Å². The van der Waals surface area contributed by atoms with Crippen molar-refractivity contribution in [3.63, 3.8) is 0 Å². The molecule has 1 unspecified atom stereocenters. The molecule has 0 bridgehead atoms. The predicted molar refractivity (Wildman–Crippen MR) is 122 cm³/mol. The number of carbonyl (C=O) groups excluding carboxylic acids is 2. The molecule has 1 aromatic heterocycles. The summed E-state index contributed by atoms with van der Waals surface area (Å²) in [6.07, 6.45) is -2.52. The number of halogens is 3. The Morgan fingerprint density at radius 2 is 1.79 bits per heavy atom. The monoisotopic (exact) mass is 474 g/mol. The lowest BCUT2D eigenvalue weighted by molar-refractivity contribution is -0.182. The third-order valence-electron chi connectivity index (χ3n) is 6.76. The van der Waals surface area contributed by atoms with E-state index in [4.69, 9.17) is 0 Å². The van der Waals surface area contributed by atoms with Gasteiger partial charge in [0.2, 0.25) is 11.8 Å². The van der Waals surface area contributed by atoms with Crippen molar-refractivity contribution in [2.45, 2.75) is 57.7 Å². The number of nitrogens with zero attached hydrogens (tertiary/aromatic N) is 1. The van der Waals surface area contributed by atoms with Gasteiger partial charge in [-0.15, -0.1) is 0 Å². The predicted octanol–water partition coefficient (Wildman–Crippen LogP) is 4.72. The Morgan fingerprint density at radius 1 is 1.09 bits per heavy atom. The van der Waals surface area contributed by atoms with Crippen molar-refractivity contribution < 1.29 is 22.8 Å². The molecule has 2 fully saturated rings. The van der Waals surface area contributed by atoms with Gasteiger partial charge < -0.3 is 16.0 Å². The van der Waals surface area contributed by atoms with E-state index in [1.807, 2.05) is 43.3 Å². The van der Waals surface area contributed by atoms with Crippen molar-refractivity contribution in [2.24, 2.45) is 11.8 Å². The van der Waals surface area contributed by atoms with Gasteiger partial charge in [-0.1, -0.05) is 12.1 Å². The fraction of sp³-hybridized carbons (Fsp3) is 0.480. The van der Waals surface area contributed by atoms with E-state index in [2.05, 4.69) is 20.9 Å². The van der Waals surface area contributed by atoms with E-state index in [0.29, 0.717) is 25.9 Å². The van der Waals surface area contributed by atoms with E-state index in [9.17, 15) is 22.8 Å². The first kappa shape index (κ1) is 24.0. The van der Waals surface area contributed by atoms with Gasteiger partial charge in [0.15, 0.2) is 0 Å². The molecule has 1 aromatic carbocycles. The molecule has 2 amide bonds. The van der Waals surface area contributed by atoms with Crippen LogP contribution in [-0.2, 0) is 16.1 Å². The second kappa shape index (κ2) is 10.0. The molecule has 4 rings (SSSR count). The normalized spacial score (nSPS) is 22.8. The summed E-state index contributed by atoms with van der Waals surface area (Å²) in [4.78, 5) is 28.1. The molecule has 182 valence electrons. The zero-order valence-electron chi connectivity index (χ0n) is 19.0. The first-order chi connectivity index (χ1) is 16.2. The Labute approximate surface area is 196 Å². The van der Waals surface area contributed by atoms with Crippen molar-refractivity contribution in [3.05, 3.63) is 53.3 Å². The van der Waals surface area contributed by atoms with E-state index in [-0.39, 0.29) is 42.9 Å². The van der Waals surface area contributed by atoms with Crippen LogP contribution in [-0.4, -0.2) is 29.5 Å². The fourth-order valence-corrected chi connectivity index (χ4v) is 4.64. The second-order valence-corrected chi connectivity index (χ2v) is 9.20. The number of hydrogen-bond donors (Lipinski definition) is 3. The van der Waals surface area contributed by atoms with Gasteiger partial charge in [-0.3, -0.25) is 14.6 Å². The summed E-state index contributed by atoms with van der Waals surface area (Å²) in [5, 5.41) is 8.85. The maximum Gasteiger partial charge on any atom is 0.391 e. The number of anilines is 2. The first-order valence-electron chi connectivity index (χ1n) is 11.6. The molecule has 2 heterocycles. The third kappa shape index (κ3) is 5.87. The highest BCUT2D eigenvalue weighted by Crippen LogP contribution is 2.42. The van der Waals surface area contributed by atoms with E-state index in [1.165, 1.54) is 0 Å². The average Bonchev–Trinajstić information content (AvgIpc) is 3.25. The maximum atomic E-state index is 12.9. The minimum absolute atomic E-state index is 0.0685. The molecule has 6 nitrogen and oxygen atoms in total. The van der Waals surface area contributed by atoms with Crippen molar-refractivity contribution >= 4 is 23.2 Å². The highest BCUT2D eigenvalue weighted by atomic mass is 19.4. The molecule has 34 heavy (non-hydrogen) atoms. The molecule has 9 heteroatoms. The molecular formula is C25H29F3N4O2. The van der Waals surface area contributed by atoms with Crippen LogP contribution in [0.25, 0.3) is 0 Å². The van der Waals surface area contributed by atoms with E-state index in [1.54, 1.807) is 0 Å².